The Kier molecular flexibility index (Phi) is 4.37. The molecule has 0 unspecified atom stereocenters. The van der Waals surface area contributed by atoms with E-state index in [1.54, 1.807) is 6.21 Å². The van der Waals surface area contributed by atoms with E-state index in [1.807, 2.05) is 24.3 Å². The summed E-state index contributed by atoms with van der Waals surface area (Å²) >= 11 is 5.80. The van der Waals surface area contributed by atoms with Gasteiger partial charge in [0.25, 0.3) is 0 Å². The molecule has 0 aromatic heterocycles. The van der Waals surface area contributed by atoms with Gasteiger partial charge in [0, 0.05) is 5.02 Å². The lowest BCUT2D eigenvalue weighted by molar-refractivity contribution is 1.14. The SMILES string of the molecule is CCc1ccc(/C=N/Nc2ccc(Cl)cc2)cc1. The second-order valence-electron chi connectivity index (χ2n) is 3.97. The molecule has 0 fully saturated rings. The van der Waals surface area contributed by atoms with Crippen LogP contribution in [0, 0.1) is 0 Å². The standard InChI is InChI=1S/C15H15ClN2/c1-2-12-3-5-13(6-4-12)11-17-18-15-9-7-14(16)8-10-15/h3-11,18H,2H2,1H3/b17-11+. The van der Waals surface area contributed by atoms with Gasteiger partial charge in [0.15, 0.2) is 0 Å². The van der Waals surface area contributed by atoms with Gasteiger partial charge in [-0.05, 0) is 41.8 Å². The molecule has 0 aliphatic heterocycles. The van der Waals surface area contributed by atoms with Crippen LogP contribution in [0.4, 0.5) is 5.69 Å². The molecule has 0 bridgehead atoms. The fraction of sp³-hybridized carbons (Fsp3) is 0.133. The number of benzene rings is 2. The molecule has 0 spiro atoms. The van der Waals surface area contributed by atoms with Crippen LogP contribution in [0.1, 0.15) is 18.1 Å². The average molecular weight is 259 g/mol. The summed E-state index contributed by atoms with van der Waals surface area (Å²) < 4.78 is 0. The first-order valence-corrected chi connectivity index (χ1v) is 6.29. The summed E-state index contributed by atoms with van der Waals surface area (Å²) in [5.74, 6) is 0. The van der Waals surface area contributed by atoms with Crippen molar-refractivity contribution in [1.82, 2.24) is 0 Å². The van der Waals surface area contributed by atoms with Gasteiger partial charge >= 0.3 is 0 Å². The third kappa shape index (κ3) is 3.60. The van der Waals surface area contributed by atoms with E-state index in [0.717, 1.165) is 22.7 Å². The van der Waals surface area contributed by atoms with Crippen molar-refractivity contribution in [2.24, 2.45) is 5.10 Å². The van der Waals surface area contributed by atoms with Gasteiger partial charge in [-0.3, -0.25) is 5.43 Å². The Morgan fingerprint density at radius 2 is 1.72 bits per heavy atom. The molecule has 0 aliphatic carbocycles. The van der Waals surface area contributed by atoms with E-state index in [1.165, 1.54) is 5.56 Å². The highest BCUT2D eigenvalue weighted by Gasteiger charge is 1.91. The van der Waals surface area contributed by atoms with Crippen LogP contribution in [0.15, 0.2) is 53.6 Å². The molecule has 92 valence electrons. The Balaban J connectivity index is 1.96. The van der Waals surface area contributed by atoms with Crippen LogP contribution in [-0.4, -0.2) is 6.21 Å². The molecule has 2 nitrogen and oxygen atoms in total. The van der Waals surface area contributed by atoms with Gasteiger partial charge in [-0.1, -0.05) is 42.8 Å². The zero-order chi connectivity index (χ0) is 12.8. The first kappa shape index (κ1) is 12.7. The van der Waals surface area contributed by atoms with Crippen molar-refractivity contribution in [3.8, 4) is 0 Å². The maximum Gasteiger partial charge on any atom is 0.0562 e. The molecule has 0 aliphatic rings. The third-order valence-corrected chi connectivity index (χ3v) is 2.89. The van der Waals surface area contributed by atoms with Gasteiger partial charge in [-0.25, -0.2) is 0 Å². The predicted molar refractivity (Wildman–Crippen MR) is 78.5 cm³/mol. The smallest absolute Gasteiger partial charge is 0.0562 e. The summed E-state index contributed by atoms with van der Waals surface area (Å²) in [7, 11) is 0. The van der Waals surface area contributed by atoms with Crippen molar-refractivity contribution in [3.05, 3.63) is 64.7 Å². The minimum absolute atomic E-state index is 0.722. The molecule has 0 atom stereocenters. The molecule has 0 amide bonds. The van der Waals surface area contributed by atoms with Crippen molar-refractivity contribution < 1.29 is 0 Å². The van der Waals surface area contributed by atoms with Crippen molar-refractivity contribution in [2.75, 3.05) is 5.43 Å². The molecule has 2 aromatic carbocycles. The summed E-state index contributed by atoms with van der Waals surface area (Å²) in [6.07, 6.45) is 2.86. The van der Waals surface area contributed by atoms with Gasteiger partial charge in [0.1, 0.15) is 0 Å². The predicted octanol–water partition coefficient (Wildman–Crippen LogP) is 4.35. The molecule has 2 aromatic rings. The highest BCUT2D eigenvalue weighted by atomic mass is 35.5. The van der Waals surface area contributed by atoms with Crippen LogP contribution >= 0.6 is 11.6 Å². The minimum atomic E-state index is 0.722. The maximum atomic E-state index is 5.80. The second kappa shape index (κ2) is 6.22. The number of halogens is 1. The lowest BCUT2D eigenvalue weighted by Gasteiger charge is -2.00. The summed E-state index contributed by atoms with van der Waals surface area (Å²) in [5.41, 5.74) is 6.29. The number of hydrogen-bond acceptors (Lipinski definition) is 2. The molecule has 1 N–H and O–H groups in total. The Bertz CT molecular complexity index is 515. The molecule has 0 saturated carbocycles. The van der Waals surface area contributed by atoms with Gasteiger partial charge < -0.3 is 0 Å². The van der Waals surface area contributed by atoms with E-state index in [2.05, 4.69) is 41.7 Å². The lowest BCUT2D eigenvalue weighted by Crippen LogP contribution is -1.90. The lowest BCUT2D eigenvalue weighted by atomic mass is 10.1. The Morgan fingerprint density at radius 1 is 1.06 bits per heavy atom. The number of hydrogen-bond donors (Lipinski definition) is 1. The Morgan fingerprint density at radius 3 is 2.33 bits per heavy atom. The normalized spacial score (nSPS) is 10.8. The zero-order valence-electron chi connectivity index (χ0n) is 10.2. The van der Waals surface area contributed by atoms with Crippen LogP contribution in [0.2, 0.25) is 5.02 Å². The molecule has 0 saturated heterocycles. The first-order valence-electron chi connectivity index (χ1n) is 5.91. The monoisotopic (exact) mass is 258 g/mol. The molecular weight excluding hydrogens is 244 g/mol. The van der Waals surface area contributed by atoms with E-state index < -0.39 is 0 Å². The molecule has 2 rings (SSSR count). The fourth-order valence-electron chi connectivity index (χ4n) is 1.55. The van der Waals surface area contributed by atoms with Crippen LogP contribution in [0.25, 0.3) is 0 Å². The topological polar surface area (TPSA) is 24.4 Å². The van der Waals surface area contributed by atoms with E-state index in [4.69, 9.17) is 11.6 Å². The molecule has 0 radical (unpaired) electrons. The van der Waals surface area contributed by atoms with Gasteiger partial charge in [0.05, 0.1) is 11.9 Å². The second-order valence-corrected chi connectivity index (χ2v) is 4.41. The van der Waals surface area contributed by atoms with Crippen molar-refractivity contribution in [2.45, 2.75) is 13.3 Å². The van der Waals surface area contributed by atoms with Crippen LogP contribution < -0.4 is 5.43 Å². The first-order chi connectivity index (χ1) is 8.78. The summed E-state index contributed by atoms with van der Waals surface area (Å²) in [4.78, 5) is 0. The Labute approximate surface area is 112 Å². The van der Waals surface area contributed by atoms with Crippen molar-refractivity contribution in [3.63, 3.8) is 0 Å². The number of nitrogens with one attached hydrogen (secondary N) is 1. The van der Waals surface area contributed by atoms with Crippen LogP contribution in [0.5, 0.6) is 0 Å². The number of anilines is 1. The summed E-state index contributed by atoms with van der Waals surface area (Å²) in [6.45, 7) is 2.14. The number of rotatable bonds is 4. The molecule has 3 heteroatoms. The maximum absolute atomic E-state index is 5.80. The number of aryl methyl sites for hydroxylation is 1. The summed E-state index contributed by atoms with van der Waals surface area (Å²) in [6, 6.07) is 15.8. The average Bonchev–Trinajstić information content (AvgIpc) is 2.42. The van der Waals surface area contributed by atoms with Crippen molar-refractivity contribution in [1.29, 1.82) is 0 Å². The van der Waals surface area contributed by atoms with Gasteiger partial charge in [-0.2, -0.15) is 5.10 Å². The van der Waals surface area contributed by atoms with E-state index in [0.29, 0.717) is 0 Å². The number of hydrazone groups is 1. The van der Waals surface area contributed by atoms with E-state index >= 15 is 0 Å². The van der Waals surface area contributed by atoms with E-state index in [-0.39, 0.29) is 0 Å². The minimum Gasteiger partial charge on any atom is -0.279 e. The van der Waals surface area contributed by atoms with Crippen molar-refractivity contribution >= 4 is 23.5 Å². The molecule has 0 heterocycles. The number of nitrogens with zero attached hydrogens (tertiary/aromatic N) is 1. The largest absolute Gasteiger partial charge is 0.279 e. The van der Waals surface area contributed by atoms with Crippen LogP contribution in [0.3, 0.4) is 0 Å². The van der Waals surface area contributed by atoms with Gasteiger partial charge in [-0.15, -0.1) is 0 Å². The third-order valence-electron chi connectivity index (χ3n) is 2.64. The highest BCUT2D eigenvalue weighted by molar-refractivity contribution is 6.30. The van der Waals surface area contributed by atoms with Gasteiger partial charge in [0.2, 0.25) is 0 Å². The Hall–Kier alpha value is -1.80. The zero-order valence-corrected chi connectivity index (χ0v) is 11.0. The summed E-state index contributed by atoms with van der Waals surface area (Å²) in [5, 5.41) is 4.90. The van der Waals surface area contributed by atoms with E-state index in [9.17, 15) is 0 Å². The van der Waals surface area contributed by atoms with Crippen LogP contribution in [-0.2, 0) is 6.42 Å². The molecule has 18 heavy (non-hydrogen) atoms. The quantitative estimate of drug-likeness (QED) is 0.640. The highest BCUT2D eigenvalue weighted by Crippen LogP contribution is 2.13. The molecular formula is C15H15ClN2. The fourth-order valence-corrected chi connectivity index (χ4v) is 1.67.